The Hall–Kier alpha value is -1.23. The van der Waals surface area contributed by atoms with Crippen LogP contribution in [0.25, 0.3) is 0 Å². The summed E-state index contributed by atoms with van der Waals surface area (Å²) in [4.78, 5) is 11.5. The van der Waals surface area contributed by atoms with Gasteiger partial charge in [-0.25, -0.2) is 0 Å². The number of nitrogens with one attached hydrogen (secondary N) is 1. The van der Waals surface area contributed by atoms with E-state index in [1.807, 2.05) is 18.2 Å². The Morgan fingerprint density at radius 1 is 1.44 bits per heavy atom. The van der Waals surface area contributed by atoms with Crippen molar-refractivity contribution in [1.29, 1.82) is 0 Å². The summed E-state index contributed by atoms with van der Waals surface area (Å²) in [5, 5.41) is 11.4. The number of aliphatic hydroxyl groups is 1. The molecule has 1 aliphatic rings. The summed E-state index contributed by atoms with van der Waals surface area (Å²) in [5.41, 5.74) is 2.34. The number of anilines is 1. The van der Waals surface area contributed by atoms with Crippen LogP contribution in [-0.2, 0) is 4.79 Å². The van der Waals surface area contributed by atoms with E-state index in [0.29, 0.717) is 18.5 Å². The van der Waals surface area contributed by atoms with E-state index in [4.69, 9.17) is 5.11 Å². The Kier molecular flexibility index (Phi) is 3.66. The number of nitrogens with zero attached hydrogens (tertiary/aromatic N) is 2. The molecule has 0 spiro atoms. The summed E-state index contributed by atoms with van der Waals surface area (Å²) in [6.45, 7) is 0.0309. The van der Waals surface area contributed by atoms with Crippen LogP contribution in [0.15, 0.2) is 26.1 Å². The molecule has 0 unspecified atom stereocenters. The van der Waals surface area contributed by atoms with Gasteiger partial charge in [0.1, 0.15) is 0 Å². The number of rotatable bonds is 4. The van der Waals surface area contributed by atoms with Gasteiger partial charge in [0.15, 0.2) is 0 Å². The summed E-state index contributed by atoms with van der Waals surface area (Å²) in [7, 11) is 0. The van der Waals surface area contributed by atoms with Crippen LogP contribution in [0.3, 0.4) is 0 Å². The molecule has 84 valence electrons. The van der Waals surface area contributed by atoms with Crippen LogP contribution in [0.4, 0.5) is 17.1 Å². The number of aliphatic hydroxyl groups excluding tert-OH is 1. The predicted octanol–water partition coefficient (Wildman–Crippen LogP) is 1.75. The Bertz CT molecular complexity index is 481. The van der Waals surface area contributed by atoms with Crippen LogP contribution in [0, 0.1) is 0 Å². The quantitative estimate of drug-likeness (QED) is 0.839. The first-order valence-corrected chi connectivity index (χ1v) is 6.46. The number of fused-ring (bicyclic) bond motifs is 1. The molecular weight excluding hydrogens is 273 g/mol. The number of hydrogen-bond donors (Lipinski definition) is 2. The van der Waals surface area contributed by atoms with E-state index in [1.165, 1.54) is 0 Å². The Labute approximate surface area is 98.6 Å². The molecule has 1 amide bonds. The van der Waals surface area contributed by atoms with E-state index in [0.717, 1.165) is 11.4 Å². The molecule has 16 heavy (non-hydrogen) atoms. The van der Waals surface area contributed by atoms with Gasteiger partial charge in [-0.1, -0.05) is 0 Å². The van der Waals surface area contributed by atoms with Crippen molar-refractivity contribution in [1.82, 2.24) is 0 Å². The van der Waals surface area contributed by atoms with Gasteiger partial charge in [-0.3, -0.25) is 0 Å². The van der Waals surface area contributed by atoms with E-state index < -0.39 is 0 Å². The molecule has 1 heterocycles. The van der Waals surface area contributed by atoms with Gasteiger partial charge in [0.05, 0.1) is 0 Å². The van der Waals surface area contributed by atoms with E-state index in [1.54, 1.807) is 0 Å². The van der Waals surface area contributed by atoms with E-state index in [9.17, 15) is 4.79 Å². The third-order valence-electron chi connectivity index (χ3n) is 2.12. The molecule has 5 nitrogen and oxygen atoms in total. The number of carbonyl (C=O) groups excluding carboxylic acids is 1. The summed E-state index contributed by atoms with van der Waals surface area (Å²) in [6, 6.07) is 5.55. The van der Waals surface area contributed by atoms with E-state index in [2.05, 4.69) is 13.2 Å². The zero-order valence-corrected chi connectivity index (χ0v) is 10.2. The zero-order chi connectivity index (χ0) is 11.4. The fourth-order valence-corrected chi connectivity index (χ4v) is 2.51. The molecular formula is C10H11N3O2Se. The SMILES string of the molecule is O=C(CCCO)Nc1cccc2c1N=[Se]=N2. The average Bonchev–Trinajstić information content (AvgIpc) is 2.75. The molecule has 0 saturated heterocycles. The number of hydrogen-bond acceptors (Lipinski definition) is 4. The van der Waals surface area contributed by atoms with Crippen LogP contribution in [0.2, 0.25) is 0 Å². The Morgan fingerprint density at radius 3 is 3.12 bits per heavy atom. The van der Waals surface area contributed by atoms with Crippen molar-refractivity contribution in [3.63, 3.8) is 0 Å². The molecule has 0 atom stereocenters. The Balaban J connectivity index is 2.09. The second kappa shape index (κ2) is 5.20. The zero-order valence-electron chi connectivity index (χ0n) is 8.51. The summed E-state index contributed by atoms with van der Waals surface area (Å²) >= 11 is -0.0890. The molecule has 0 aromatic heterocycles. The molecule has 0 aliphatic carbocycles. The molecule has 0 bridgehead atoms. The molecule has 0 radical (unpaired) electrons. The molecule has 6 heteroatoms. The second-order valence-corrected chi connectivity index (χ2v) is 4.42. The number of amides is 1. The van der Waals surface area contributed by atoms with Gasteiger partial charge in [-0.2, -0.15) is 0 Å². The molecule has 1 aliphatic heterocycles. The predicted molar refractivity (Wildman–Crippen MR) is 61.3 cm³/mol. The van der Waals surface area contributed by atoms with Gasteiger partial charge < -0.3 is 0 Å². The van der Waals surface area contributed by atoms with E-state index in [-0.39, 0.29) is 27.1 Å². The van der Waals surface area contributed by atoms with Crippen molar-refractivity contribution in [3.8, 4) is 0 Å². The van der Waals surface area contributed by atoms with Gasteiger partial charge in [0.25, 0.3) is 0 Å². The maximum absolute atomic E-state index is 11.5. The normalized spacial score (nSPS) is 12.1. The third kappa shape index (κ3) is 2.47. The van der Waals surface area contributed by atoms with Gasteiger partial charge >= 0.3 is 98.3 Å². The standard InChI is InChI=1S/C10H11N3O2Se/c14-6-2-5-9(15)11-7-3-1-4-8-10(7)13-16-12-8/h1,3-4,14H,2,5-6H2,(H,11,15). The molecule has 1 aromatic carbocycles. The van der Waals surface area contributed by atoms with Crippen molar-refractivity contribution < 1.29 is 9.90 Å². The Morgan fingerprint density at radius 2 is 2.31 bits per heavy atom. The van der Waals surface area contributed by atoms with Crippen LogP contribution in [0.5, 0.6) is 0 Å². The van der Waals surface area contributed by atoms with Crippen LogP contribution < -0.4 is 5.32 Å². The molecule has 0 saturated carbocycles. The number of carbonyl (C=O) groups is 1. The fourth-order valence-electron chi connectivity index (χ4n) is 1.36. The van der Waals surface area contributed by atoms with Crippen LogP contribution in [0.1, 0.15) is 12.8 Å². The second-order valence-electron chi connectivity index (χ2n) is 3.31. The minimum absolute atomic E-state index is 0.0309. The monoisotopic (exact) mass is 285 g/mol. The van der Waals surface area contributed by atoms with Crippen LogP contribution >= 0.6 is 0 Å². The average molecular weight is 284 g/mol. The fraction of sp³-hybridized carbons (Fsp3) is 0.300. The molecule has 2 N–H and O–H groups in total. The molecule has 2 rings (SSSR count). The minimum atomic E-state index is -0.1000. The number of benzene rings is 1. The molecule has 1 aromatic rings. The van der Waals surface area contributed by atoms with Gasteiger partial charge in [0.2, 0.25) is 0 Å². The first kappa shape index (κ1) is 11.3. The summed E-state index contributed by atoms with van der Waals surface area (Å²) in [5.74, 6) is -0.1000. The van der Waals surface area contributed by atoms with E-state index >= 15 is 0 Å². The van der Waals surface area contributed by atoms with Crippen molar-refractivity contribution in [3.05, 3.63) is 18.2 Å². The van der Waals surface area contributed by atoms with Gasteiger partial charge in [-0.15, -0.1) is 0 Å². The molecule has 0 fully saturated rings. The van der Waals surface area contributed by atoms with Crippen molar-refractivity contribution >= 4 is 37.5 Å². The first-order valence-electron chi connectivity index (χ1n) is 4.93. The topological polar surface area (TPSA) is 74.0 Å². The van der Waals surface area contributed by atoms with Crippen LogP contribution in [-0.4, -0.2) is 32.2 Å². The van der Waals surface area contributed by atoms with Crippen molar-refractivity contribution in [2.75, 3.05) is 11.9 Å². The first-order chi connectivity index (χ1) is 7.81. The summed E-state index contributed by atoms with van der Waals surface area (Å²) in [6.07, 6.45) is 0.800. The van der Waals surface area contributed by atoms with Crippen molar-refractivity contribution in [2.45, 2.75) is 12.8 Å². The van der Waals surface area contributed by atoms with Gasteiger partial charge in [0, 0.05) is 0 Å². The maximum atomic E-state index is 11.5. The van der Waals surface area contributed by atoms with Crippen molar-refractivity contribution in [2.24, 2.45) is 7.92 Å². The third-order valence-corrected chi connectivity index (χ3v) is 3.26. The van der Waals surface area contributed by atoms with Gasteiger partial charge in [-0.05, 0) is 0 Å². The summed E-state index contributed by atoms with van der Waals surface area (Å²) < 4.78 is 8.50.